The molecule has 3 nitrogen and oxygen atoms in total. The molecule has 1 amide bonds. The van der Waals surface area contributed by atoms with Crippen LogP contribution in [0.5, 0.6) is 0 Å². The predicted molar refractivity (Wildman–Crippen MR) is 94.6 cm³/mol. The number of benzene rings is 2. The number of likely N-dealkylation sites (tertiary alicyclic amines) is 1. The van der Waals surface area contributed by atoms with E-state index in [4.69, 9.17) is 4.74 Å². The van der Waals surface area contributed by atoms with E-state index in [9.17, 15) is 4.79 Å². The first-order valence-corrected chi connectivity index (χ1v) is 9.27. The van der Waals surface area contributed by atoms with Crippen LogP contribution in [0, 0.1) is 0 Å². The molecule has 0 radical (unpaired) electrons. The van der Waals surface area contributed by atoms with Gasteiger partial charge in [0, 0.05) is 31.7 Å². The molecule has 0 aliphatic carbocycles. The Hall–Kier alpha value is -1.52. The van der Waals surface area contributed by atoms with Crippen molar-refractivity contribution in [3.05, 3.63) is 48.0 Å². The maximum absolute atomic E-state index is 12.7. The lowest BCUT2D eigenvalue weighted by atomic mass is 10.0. The van der Waals surface area contributed by atoms with Gasteiger partial charge < -0.3 is 9.64 Å². The molecular formula is C19H21NO2S. The molecule has 2 aliphatic rings. The molecule has 0 atom stereocenters. The number of piperidine rings is 1. The number of thioether (sulfide) groups is 1. The number of nitrogens with zero attached hydrogens (tertiary/aromatic N) is 1. The summed E-state index contributed by atoms with van der Waals surface area (Å²) in [4.78, 5) is 14.7. The molecule has 0 unspecified atom stereocenters. The van der Waals surface area contributed by atoms with Crippen molar-refractivity contribution in [3.8, 4) is 0 Å². The molecule has 2 aromatic carbocycles. The van der Waals surface area contributed by atoms with Crippen LogP contribution in [-0.2, 0) is 16.0 Å². The van der Waals surface area contributed by atoms with E-state index in [-0.39, 0.29) is 10.8 Å². The van der Waals surface area contributed by atoms with E-state index in [1.54, 1.807) is 0 Å². The van der Waals surface area contributed by atoms with Crippen molar-refractivity contribution < 1.29 is 9.53 Å². The molecule has 2 fully saturated rings. The molecule has 120 valence electrons. The van der Waals surface area contributed by atoms with Crippen LogP contribution < -0.4 is 0 Å². The fourth-order valence-electron chi connectivity index (χ4n) is 3.60. The van der Waals surface area contributed by atoms with Crippen molar-refractivity contribution in [1.82, 2.24) is 4.90 Å². The second-order valence-corrected chi connectivity index (χ2v) is 7.74. The van der Waals surface area contributed by atoms with Gasteiger partial charge in [0.25, 0.3) is 0 Å². The maximum Gasteiger partial charge on any atom is 0.227 e. The fraction of sp³-hybridized carbons (Fsp3) is 0.421. The van der Waals surface area contributed by atoms with Gasteiger partial charge in [-0.25, -0.2) is 0 Å². The summed E-state index contributed by atoms with van der Waals surface area (Å²) in [6, 6.07) is 14.5. The Labute approximate surface area is 141 Å². The number of hydrogen-bond donors (Lipinski definition) is 0. The van der Waals surface area contributed by atoms with E-state index < -0.39 is 0 Å². The maximum atomic E-state index is 12.7. The highest BCUT2D eigenvalue weighted by atomic mass is 32.2. The van der Waals surface area contributed by atoms with E-state index in [0.717, 1.165) is 43.9 Å². The van der Waals surface area contributed by atoms with E-state index in [0.29, 0.717) is 6.42 Å². The first-order chi connectivity index (χ1) is 11.3. The van der Waals surface area contributed by atoms with Crippen molar-refractivity contribution in [1.29, 1.82) is 0 Å². The van der Waals surface area contributed by atoms with E-state index in [2.05, 4.69) is 24.3 Å². The molecule has 1 spiro atoms. The van der Waals surface area contributed by atoms with Crippen molar-refractivity contribution in [2.45, 2.75) is 24.2 Å². The Bertz CT molecular complexity index is 709. The van der Waals surface area contributed by atoms with Gasteiger partial charge in [-0.1, -0.05) is 42.5 Å². The fourth-order valence-corrected chi connectivity index (χ4v) is 4.78. The van der Waals surface area contributed by atoms with Crippen LogP contribution in [0.1, 0.15) is 18.4 Å². The molecule has 0 saturated carbocycles. The van der Waals surface area contributed by atoms with Crippen LogP contribution in [0.15, 0.2) is 42.5 Å². The van der Waals surface area contributed by atoms with E-state index in [1.807, 2.05) is 34.9 Å². The van der Waals surface area contributed by atoms with Crippen molar-refractivity contribution >= 4 is 28.4 Å². The van der Waals surface area contributed by atoms with Crippen molar-refractivity contribution in [2.24, 2.45) is 0 Å². The van der Waals surface area contributed by atoms with Crippen LogP contribution in [0.25, 0.3) is 10.8 Å². The Morgan fingerprint density at radius 2 is 1.91 bits per heavy atom. The molecule has 2 aliphatic heterocycles. The monoisotopic (exact) mass is 327 g/mol. The molecule has 0 bridgehead atoms. The molecule has 4 heteroatoms. The highest BCUT2D eigenvalue weighted by molar-refractivity contribution is 8.00. The minimum absolute atomic E-state index is 0.00375. The molecule has 2 saturated heterocycles. The summed E-state index contributed by atoms with van der Waals surface area (Å²) in [6.45, 7) is 2.49. The third-order valence-electron chi connectivity index (χ3n) is 4.91. The van der Waals surface area contributed by atoms with Crippen LogP contribution >= 0.6 is 11.8 Å². The van der Waals surface area contributed by atoms with Gasteiger partial charge in [0.05, 0.1) is 13.0 Å². The summed E-state index contributed by atoms with van der Waals surface area (Å²) in [5.74, 6) is 1.32. The van der Waals surface area contributed by atoms with Gasteiger partial charge in [-0.2, -0.15) is 0 Å². The second kappa shape index (κ2) is 6.17. The van der Waals surface area contributed by atoms with Gasteiger partial charge in [-0.15, -0.1) is 11.8 Å². The Morgan fingerprint density at radius 1 is 1.13 bits per heavy atom. The molecule has 0 N–H and O–H groups in total. The minimum Gasteiger partial charge on any atom is -0.363 e. The average Bonchev–Trinajstić information content (AvgIpc) is 3.04. The highest BCUT2D eigenvalue weighted by Gasteiger charge is 2.40. The molecule has 2 heterocycles. The Balaban J connectivity index is 1.46. The highest BCUT2D eigenvalue weighted by Crippen LogP contribution is 2.41. The summed E-state index contributed by atoms with van der Waals surface area (Å²) in [7, 11) is 0. The first-order valence-electron chi connectivity index (χ1n) is 8.28. The van der Waals surface area contributed by atoms with Crippen LogP contribution in [0.4, 0.5) is 0 Å². The second-order valence-electron chi connectivity index (χ2n) is 6.30. The number of amides is 1. The van der Waals surface area contributed by atoms with Gasteiger partial charge in [-0.3, -0.25) is 4.79 Å². The van der Waals surface area contributed by atoms with Crippen LogP contribution in [0.2, 0.25) is 0 Å². The zero-order valence-corrected chi connectivity index (χ0v) is 14.0. The van der Waals surface area contributed by atoms with Crippen LogP contribution in [0.3, 0.4) is 0 Å². The average molecular weight is 327 g/mol. The molecule has 23 heavy (non-hydrogen) atoms. The zero-order valence-electron chi connectivity index (χ0n) is 13.2. The quantitative estimate of drug-likeness (QED) is 0.846. The summed E-state index contributed by atoms with van der Waals surface area (Å²) in [5.41, 5.74) is 1.12. The molecular weight excluding hydrogens is 306 g/mol. The molecule has 4 rings (SSSR count). The standard InChI is InChI=1S/C19H21NO2S/c21-18(20-10-8-19(9-11-20)22-12-13-23-19)14-16-6-3-5-15-4-1-2-7-17(15)16/h1-7H,8-14H2. The van der Waals surface area contributed by atoms with E-state index in [1.165, 1.54) is 10.8 Å². The molecule has 0 aromatic heterocycles. The summed E-state index contributed by atoms with van der Waals surface area (Å²) in [6.07, 6.45) is 2.40. The third kappa shape index (κ3) is 2.98. The Morgan fingerprint density at radius 3 is 2.70 bits per heavy atom. The van der Waals surface area contributed by atoms with Gasteiger partial charge in [0.15, 0.2) is 0 Å². The van der Waals surface area contributed by atoms with Gasteiger partial charge in [0.1, 0.15) is 4.93 Å². The molecule has 2 aromatic rings. The lowest BCUT2D eigenvalue weighted by molar-refractivity contribution is -0.133. The SMILES string of the molecule is O=C(Cc1cccc2ccccc12)N1CCC2(CC1)OCCS2. The zero-order chi connectivity index (χ0) is 15.7. The topological polar surface area (TPSA) is 29.5 Å². The van der Waals surface area contributed by atoms with Crippen LogP contribution in [-0.4, -0.2) is 41.2 Å². The predicted octanol–water partition coefficient (Wildman–Crippen LogP) is 3.46. The Kier molecular flexibility index (Phi) is 4.04. The summed E-state index contributed by atoms with van der Waals surface area (Å²) in [5, 5.41) is 2.39. The smallest absolute Gasteiger partial charge is 0.227 e. The number of carbonyl (C=O) groups excluding carboxylic acids is 1. The summed E-state index contributed by atoms with van der Waals surface area (Å²) < 4.78 is 5.91. The lowest BCUT2D eigenvalue weighted by Crippen LogP contribution is -2.45. The summed E-state index contributed by atoms with van der Waals surface area (Å²) >= 11 is 1.93. The number of ether oxygens (including phenoxy) is 1. The van der Waals surface area contributed by atoms with Crippen molar-refractivity contribution in [3.63, 3.8) is 0 Å². The van der Waals surface area contributed by atoms with Gasteiger partial charge in [-0.05, 0) is 16.3 Å². The third-order valence-corrected chi connectivity index (χ3v) is 6.34. The van der Waals surface area contributed by atoms with Gasteiger partial charge >= 0.3 is 0 Å². The first kappa shape index (κ1) is 15.0. The minimum atomic E-state index is -0.00375. The number of carbonyl (C=O) groups is 1. The largest absolute Gasteiger partial charge is 0.363 e. The number of hydrogen-bond acceptors (Lipinski definition) is 3. The van der Waals surface area contributed by atoms with Crippen molar-refractivity contribution in [2.75, 3.05) is 25.4 Å². The van der Waals surface area contributed by atoms with E-state index >= 15 is 0 Å². The van der Waals surface area contributed by atoms with Gasteiger partial charge in [0.2, 0.25) is 5.91 Å². The lowest BCUT2D eigenvalue weighted by Gasteiger charge is -2.38. The normalized spacial score (nSPS) is 20.3. The number of fused-ring (bicyclic) bond motifs is 1. The number of rotatable bonds is 2.